The Hall–Kier alpha value is -3.37. The van der Waals surface area contributed by atoms with Crippen LogP contribution >= 0.6 is 22.7 Å². The summed E-state index contributed by atoms with van der Waals surface area (Å²) >= 11 is 2.88. The molecule has 0 aliphatic heterocycles. The van der Waals surface area contributed by atoms with Gasteiger partial charge in [0.1, 0.15) is 17.2 Å². The third-order valence-electron chi connectivity index (χ3n) is 4.18. The molecule has 0 fully saturated rings. The number of anilines is 1. The summed E-state index contributed by atoms with van der Waals surface area (Å²) in [6.45, 7) is -0.287. The minimum Gasteiger partial charge on any atom is -0.366 e. The van der Waals surface area contributed by atoms with Gasteiger partial charge in [0, 0.05) is 21.5 Å². The normalized spacial score (nSPS) is 10.9. The maximum Gasteiger partial charge on any atom is 0.263 e. The number of carbonyl (C=O) groups excluding carboxylic acids is 2. The van der Waals surface area contributed by atoms with Crippen LogP contribution in [0.3, 0.4) is 0 Å². The van der Waals surface area contributed by atoms with Gasteiger partial charge in [-0.1, -0.05) is 6.07 Å². The van der Waals surface area contributed by atoms with E-state index in [1.54, 1.807) is 0 Å². The summed E-state index contributed by atoms with van der Waals surface area (Å²) in [5.74, 6) is -2.24. The zero-order valence-electron chi connectivity index (χ0n) is 14.7. The first kappa shape index (κ1) is 19.0. The van der Waals surface area contributed by atoms with Crippen LogP contribution in [0.2, 0.25) is 0 Å². The van der Waals surface area contributed by atoms with E-state index < -0.39 is 17.6 Å². The molecule has 0 saturated carbocycles. The van der Waals surface area contributed by atoms with Gasteiger partial charge in [-0.2, -0.15) is 0 Å². The predicted molar refractivity (Wildman–Crippen MR) is 111 cm³/mol. The molecule has 1 aromatic carbocycles. The Balaban J connectivity index is 1.61. The number of rotatable bonds is 5. The number of thiophene rings is 2. The van der Waals surface area contributed by atoms with Crippen LogP contribution in [0.15, 0.2) is 52.2 Å². The van der Waals surface area contributed by atoms with Crippen LogP contribution in [0.1, 0.15) is 10.4 Å². The number of aromatic nitrogens is 2. The Labute approximate surface area is 171 Å². The van der Waals surface area contributed by atoms with Crippen LogP contribution in [0, 0.1) is 5.82 Å². The largest absolute Gasteiger partial charge is 0.366 e. The first-order chi connectivity index (χ1) is 13.9. The molecule has 29 heavy (non-hydrogen) atoms. The molecule has 0 aliphatic rings. The Morgan fingerprint density at radius 2 is 2.07 bits per heavy atom. The van der Waals surface area contributed by atoms with E-state index in [2.05, 4.69) is 10.3 Å². The van der Waals surface area contributed by atoms with Crippen LogP contribution in [0.5, 0.6) is 0 Å². The van der Waals surface area contributed by atoms with Gasteiger partial charge in [-0.05, 0) is 29.6 Å². The fraction of sp³-hybridized carbons (Fsp3) is 0.0526. The van der Waals surface area contributed by atoms with E-state index in [-0.39, 0.29) is 23.4 Å². The number of halogens is 1. The molecule has 4 rings (SSSR count). The second kappa shape index (κ2) is 7.57. The van der Waals surface area contributed by atoms with E-state index in [4.69, 9.17) is 5.73 Å². The second-order valence-corrected chi connectivity index (χ2v) is 7.90. The predicted octanol–water partition coefficient (Wildman–Crippen LogP) is 3.06. The number of nitrogens with two attached hydrogens (primary N) is 1. The molecule has 10 heteroatoms. The molecule has 4 aromatic rings. The minimum atomic E-state index is -0.942. The fourth-order valence-electron chi connectivity index (χ4n) is 2.84. The third-order valence-corrected chi connectivity index (χ3v) is 5.97. The Morgan fingerprint density at radius 1 is 1.24 bits per heavy atom. The third kappa shape index (κ3) is 3.67. The molecule has 0 radical (unpaired) electrons. The maximum absolute atomic E-state index is 13.6. The number of hydrogen-bond acceptors (Lipinski definition) is 6. The summed E-state index contributed by atoms with van der Waals surface area (Å²) in [6.07, 6.45) is 1.32. The first-order valence-corrected chi connectivity index (χ1v) is 10.1. The first-order valence-electron chi connectivity index (χ1n) is 8.34. The molecule has 3 heterocycles. The zero-order chi connectivity index (χ0) is 20.5. The van der Waals surface area contributed by atoms with Gasteiger partial charge in [0.05, 0.1) is 17.3 Å². The molecule has 0 atom stereocenters. The smallest absolute Gasteiger partial charge is 0.263 e. The second-order valence-electron chi connectivity index (χ2n) is 6.09. The van der Waals surface area contributed by atoms with Crippen molar-refractivity contribution in [1.29, 1.82) is 0 Å². The molecule has 146 valence electrons. The van der Waals surface area contributed by atoms with Crippen molar-refractivity contribution in [2.75, 3.05) is 5.32 Å². The van der Waals surface area contributed by atoms with E-state index in [9.17, 15) is 18.8 Å². The van der Waals surface area contributed by atoms with Gasteiger partial charge in [0.15, 0.2) is 0 Å². The number of primary amides is 1. The van der Waals surface area contributed by atoms with Gasteiger partial charge in [0.2, 0.25) is 5.91 Å². The van der Waals surface area contributed by atoms with Crippen molar-refractivity contribution in [3.8, 4) is 10.4 Å². The molecular weight excluding hydrogens is 415 g/mol. The minimum absolute atomic E-state index is 0.196. The van der Waals surface area contributed by atoms with Crippen molar-refractivity contribution >= 4 is 50.4 Å². The van der Waals surface area contributed by atoms with Crippen LogP contribution in [0.25, 0.3) is 20.7 Å². The van der Waals surface area contributed by atoms with Gasteiger partial charge >= 0.3 is 0 Å². The van der Waals surface area contributed by atoms with Gasteiger partial charge in [-0.3, -0.25) is 19.0 Å². The average Bonchev–Trinajstić information content (AvgIpc) is 3.35. The molecular formula is C19H13FN4O3S2. The van der Waals surface area contributed by atoms with Crippen molar-refractivity contribution in [1.82, 2.24) is 9.55 Å². The fourth-order valence-corrected chi connectivity index (χ4v) is 4.56. The Kier molecular flexibility index (Phi) is 4.95. The van der Waals surface area contributed by atoms with Crippen molar-refractivity contribution < 1.29 is 14.0 Å². The van der Waals surface area contributed by atoms with E-state index in [0.717, 1.165) is 22.6 Å². The highest BCUT2D eigenvalue weighted by atomic mass is 32.1. The van der Waals surface area contributed by atoms with Crippen LogP contribution in [-0.2, 0) is 11.3 Å². The number of fused-ring (bicyclic) bond motifs is 1. The lowest BCUT2D eigenvalue weighted by Gasteiger charge is -2.09. The van der Waals surface area contributed by atoms with Gasteiger partial charge in [0.25, 0.3) is 11.5 Å². The maximum atomic E-state index is 13.6. The van der Waals surface area contributed by atoms with Crippen LogP contribution in [0.4, 0.5) is 10.1 Å². The highest BCUT2D eigenvalue weighted by Crippen LogP contribution is 2.33. The van der Waals surface area contributed by atoms with Crippen molar-refractivity contribution in [3.05, 3.63) is 69.2 Å². The van der Waals surface area contributed by atoms with Crippen LogP contribution in [-0.4, -0.2) is 21.4 Å². The molecule has 0 spiro atoms. The van der Waals surface area contributed by atoms with Crippen molar-refractivity contribution in [3.63, 3.8) is 0 Å². The topological polar surface area (TPSA) is 107 Å². The van der Waals surface area contributed by atoms with Crippen LogP contribution < -0.4 is 16.6 Å². The quantitative estimate of drug-likeness (QED) is 0.509. The highest BCUT2D eigenvalue weighted by molar-refractivity contribution is 7.18. The van der Waals surface area contributed by atoms with Gasteiger partial charge < -0.3 is 11.1 Å². The summed E-state index contributed by atoms with van der Waals surface area (Å²) < 4.78 is 14.8. The van der Waals surface area contributed by atoms with Gasteiger partial charge in [-0.25, -0.2) is 9.37 Å². The zero-order valence-corrected chi connectivity index (χ0v) is 16.3. The lowest BCUT2D eigenvalue weighted by Crippen LogP contribution is -2.28. The van der Waals surface area contributed by atoms with E-state index in [0.29, 0.717) is 10.2 Å². The lowest BCUT2D eigenvalue weighted by atomic mass is 10.2. The van der Waals surface area contributed by atoms with E-state index in [1.807, 2.05) is 22.9 Å². The molecule has 0 aliphatic carbocycles. The molecule has 3 N–H and O–H groups in total. The summed E-state index contributed by atoms with van der Waals surface area (Å²) in [5, 5.41) is 6.79. The monoisotopic (exact) mass is 428 g/mol. The number of nitrogens with one attached hydrogen (secondary N) is 1. The number of hydrogen-bond donors (Lipinski definition) is 2. The Morgan fingerprint density at radius 3 is 2.79 bits per heavy atom. The summed E-state index contributed by atoms with van der Waals surface area (Å²) in [7, 11) is 0. The number of nitrogens with zero attached hydrogens (tertiary/aromatic N) is 2. The number of carbonyl (C=O) groups is 2. The molecule has 0 unspecified atom stereocenters. The molecule has 0 saturated heterocycles. The molecule has 0 bridgehead atoms. The number of benzene rings is 1. The molecule has 7 nitrogen and oxygen atoms in total. The average molecular weight is 428 g/mol. The van der Waals surface area contributed by atoms with E-state index in [1.165, 1.54) is 39.6 Å². The summed E-state index contributed by atoms with van der Waals surface area (Å²) in [5.41, 5.74) is 5.44. The van der Waals surface area contributed by atoms with E-state index >= 15 is 0 Å². The standard InChI is InChI=1S/C19H13FN4O3S2/c20-13-4-3-10(6-11(13)17(21)26)23-15(25)7-24-9-22-18-16(19(24)27)12(8-29-18)14-2-1-5-28-14/h1-6,8-9H,7H2,(H2,21,26)(H,23,25). The summed E-state index contributed by atoms with van der Waals surface area (Å²) in [6, 6.07) is 7.30. The van der Waals surface area contributed by atoms with Crippen molar-refractivity contribution in [2.24, 2.45) is 5.73 Å². The SMILES string of the molecule is NC(=O)c1cc(NC(=O)Cn2cnc3scc(-c4cccs4)c3c2=O)ccc1F. The number of amides is 2. The highest BCUT2D eigenvalue weighted by Gasteiger charge is 2.16. The molecule has 3 aromatic heterocycles. The lowest BCUT2D eigenvalue weighted by molar-refractivity contribution is -0.116. The summed E-state index contributed by atoms with van der Waals surface area (Å²) in [4.78, 5) is 42.4. The van der Waals surface area contributed by atoms with Gasteiger partial charge in [-0.15, -0.1) is 22.7 Å². The Bertz CT molecular complexity index is 1290. The molecule has 2 amide bonds. The van der Waals surface area contributed by atoms with Crippen molar-refractivity contribution in [2.45, 2.75) is 6.54 Å².